The molecule has 0 fully saturated rings. The maximum absolute atomic E-state index is 12.1. The second-order valence-electron chi connectivity index (χ2n) is 4.99. The number of aryl methyl sites for hydroxylation is 2. The molecule has 1 aromatic carbocycles. The lowest BCUT2D eigenvalue weighted by Crippen LogP contribution is -2.34. The lowest BCUT2D eigenvalue weighted by molar-refractivity contribution is 0.225. The first kappa shape index (κ1) is 16.3. The van der Waals surface area contributed by atoms with Gasteiger partial charge in [-0.1, -0.05) is 41.9 Å². The van der Waals surface area contributed by atoms with E-state index in [4.69, 9.17) is 11.6 Å². The molecule has 2 rings (SSSR count). The summed E-state index contributed by atoms with van der Waals surface area (Å²) in [7, 11) is 0. The Labute approximate surface area is 134 Å². The monoisotopic (exact) mass is 319 g/mol. The van der Waals surface area contributed by atoms with Crippen LogP contribution in [-0.2, 0) is 0 Å². The number of rotatable bonds is 4. The molecule has 0 aliphatic heterocycles. The second-order valence-corrected chi connectivity index (χ2v) is 5.35. The van der Waals surface area contributed by atoms with Gasteiger partial charge in [0.15, 0.2) is 5.15 Å². The number of nitrogens with one attached hydrogen (secondary N) is 2. The highest BCUT2D eigenvalue weighted by Gasteiger charge is 2.15. The summed E-state index contributed by atoms with van der Waals surface area (Å²) in [6.45, 7) is 3.48. The van der Waals surface area contributed by atoms with Crippen LogP contribution in [0, 0.1) is 13.8 Å². The fraction of sp³-hybridized carbons (Fsp3) is 0.250. The van der Waals surface area contributed by atoms with Gasteiger partial charge in [0.1, 0.15) is 0 Å². The van der Waals surface area contributed by atoms with E-state index in [0.717, 1.165) is 16.8 Å². The average molecular weight is 320 g/mol. The molecular formula is C16H18ClN3O2. The van der Waals surface area contributed by atoms with E-state index in [2.05, 4.69) is 15.6 Å². The number of nitrogens with zero attached hydrogens (tertiary/aromatic N) is 1. The van der Waals surface area contributed by atoms with E-state index in [1.165, 1.54) is 0 Å². The van der Waals surface area contributed by atoms with Crippen molar-refractivity contribution >= 4 is 23.3 Å². The summed E-state index contributed by atoms with van der Waals surface area (Å²) < 4.78 is 0. The number of amides is 2. The van der Waals surface area contributed by atoms with Crippen LogP contribution in [0.1, 0.15) is 22.9 Å². The average Bonchev–Trinajstić information content (AvgIpc) is 2.49. The number of urea groups is 1. The SMILES string of the molecule is Cc1cc(C)c(NC(=O)N[C@H](CO)c2ccccc2)c(Cl)n1. The van der Waals surface area contributed by atoms with Crippen molar-refractivity contribution < 1.29 is 9.90 Å². The van der Waals surface area contributed by atoms with E-state index in [9.17, 15) is 9.90 Å². The Morgan fingerprint density at radius 3 is 2.59 bits per heavy atom. The van der Waals surface area contributed by atoms with E-state index in [0.29, 0.717) is 5.69 Å². The fourth-order valence-corrected chi connectivity index (χ4v) is 2.50. The highest BCUT2D eigenvalue weighted by Crippen LogP contribution is 2.24. The number of carbonyl (C=O) groups excluding carboxylic acids is 1. The fourth-order valence-electron chi connectivity index (χ4n) is 2.17. The molecule has 0 saturated heterocycles. The maximum Gasteiger partial charge on any atom is 0.319 e. The van der Waals surface area contributed by atoms with Gasteiger partial charge in [-0.15, -0.1) is 0 Å². The van der Waals surface area contributed by atoms with Crippen LogP contribution in [0.25, 0.3) is 0 Å². The molecule has 0 bridgehead atoms. The molecule has 0 radical (unpaired) electrons. The van der Waals surface area contributed by atoms with Gasteiger partial charge in [-0.3, -0.25) is 0 Å². The van der Waals surface area contributed by atoms with Crippen molar-refractivity contribution in [3.63, 3.8) is 0 Å². The van der Waals surface area contributed by atoms with Gasteiger partial charge in [0.05, 0.1) is 18.3 Å². The van der Waals surface area contributed by atoms with E-state index >= 15 is 0 Å². The predicted octanol–water partition coefficient (Wildman–Crippen LogP) is 3.21. The van der Waals surface area contributed by atoms with E-state index in [-0.39, 0.29) is 11.8 Å². The number of benzene rings is 1. The largest absolute Gasteiger partial charge is 0.394 e. The van der Waals surface area contributed by atoms with Crippen molar-refractivity contribution in [3.8, 4) is 0 Å². The number of carbonyl (C=O) groups is 1. The second kappa shape index (κ2) is 7.24. The van der Waals surface area contributed by atoms with Crippen LogP contribution in [0.2, 0.25) is 5.15 Å². The Balaban J connectivity index is 2.10. The molecule has 2 amide bonds. The molecule has 0 saturated carbocycles. The van der Waals surface area contributed by atoms with Crippen molar-refractivity contribution in [1.82, 2.24) is 10.3 Å². The number of anilines is 1. The molecule has 2 aromatic rings. The van der Waals surface area contributed by atoms with Gasteiger partial charge in [0.2, 0.25) is 0 Å². The lowest BCUT2D eigenvalue weighted by atomic mass is 10.1. The molecule has 3 N–H and O–H groups in total. The molecule has 1 heterocycles. The summed E-state index contributed by atoms with van der Waals surface area (Å²) >= 11 is 6.06. The molecule has 22 heavy (non-hydrogen) atoms. The van der Waals surface area contributed by atoms with Gasteiger partial charge in [-0.25, -0.2) is 9.78 Å². The number of halogens is 1. The van der Waals surface area contributed by atoms with Crippen LogP contribution in [0.15, 0.2) is 36.4 Å². The first-order valence-corrected chi connectivity index (χ1v) is 7.26. The number of hydrogen-bond donors (Lipinski definition) is 3. The zero-order valence-electron chi connectivity index (χ0n) is 12.4. The summed E-state index contributed by atoms with van der Waals surface area (Å²) in [6, 6.07) is 10.2. The smallest absolute Gasteiger partial charge is 0.319 e. The van der Waals surface area contributed by atoms with E-state index in [1.54, 1.807) is 0 Å². The summed E-state index contributed by atoms with van der Waals surface area (Å²) in [6.07, 6.45) is 0. The summed E-state index contributed by atoms with van der Waals surface area (Å²) in [5.74, 6) is 0. The molecular weight excluding hydrogens is 302 g/mol. The maximum atomic E-state index is 12.1. The number of pyridine rings is 1. The van der Waals surface area contributed by atoms with Crippen LogP contribution in [0.3, 0.4) is 0 Å². The van der Waals surface area contributed by atoms with Gasteiger partial charge in [0.25, 0.3) is 0 Å². The highest BCUT2D eigenvalue weighted by atomic mass is 35.5. The summed E-state index contributed by atoms with van der Waals surface area (Å²) in [5.41, 5.74) is 2.90. The van der Waals surface area contributed by atoms with Crippen LogP contribution in [0.5, 0.6) is 0 Å². The summed E-state index contributed by atoms with van der Waals surface area (Å²) in [5, 5.41) is 15.1. The Kier molecular flexibility index (Phi) is 5.35. The molecule has 0 aliphatic carbocycles. The Morgan fingerprint density at radius 1 is 1.32 bits per heavy atom. The predicted molar refractivity (Wildman–Crippen MR) is 87.1 cm³/mol. The van der Waals surface area contributed by atoms with Crippen molar-refractivity contribution in [1.29, 1.82) is 0 Å². The number of aliphatic hydroxyl groups is 1. The standard InChI is InChI=1S/C16H18ClN3O2/c1-10-8-11(2)18-15(17)14(10)20-16(22)19-13(9-21)12-6-4-3-5-7-12/h3-8,13,21H,9H2,1-2H3,(H2,19,20,22)/t13-/m1/s1. The summed E-state index contributed by atoms with van der Waals surface area (Å²) in [4.78, 5) is 16.2. The zero-order valence-corrected chi connectivity index (χ0v) is 13.2. The molecule has 0 aliphatic rings. The number of hydrogen-bond acceptors (Lipinski definition) is 3. The first-order valence-electron chi connectivity index (χ1n) is 6.88. The minimum atomic E-state index is -0.487. The third-order valence-electron chi connectivity index (χ3n) is 3.23. The minimum absolute atomic E-state index is 0.198. The van der Waals surface area contributed by atoms with Crippen molar-refractivity contribution in [2.75, 3.05) is 11.9 Å². The molecule has 1 atom stereocenters. The minimum Gasteiger partial charge on any atom is -0.394 e. The van der Waals surface area contributed by atoms with Gasteiger partial charge < -0.3 is 15.7 Å². The van der Waals surface area contributed by atoms with Crippen molar-refractivity contribution in [3.05, 3.63) is 58.4 Å². The third kappa shape index (κ3) is 3.96. The van der Waals surface area contributed by atoms with Crippen LogP contribution >= 0.6 is 11.6 Å². The molecule has 6 heteroatoms. The molecule has 1 aromatic heterocycles. The topological polar surface area (TPSA) is 74.2 Å². The molecule has 0 spiro atoms. The van der Waals surface area contributed by atoms with E-state index in [1.807, 2.05) is 50.2 Å². The van der Waals surface area contributed by atoms with Crippen LogP contribution < -0.4 is 10.6 Å². The van der Waals surface area contributed by atoms with Crippen molar-refractivity contribution in [2.24, 2.45) is 0 Å². The lowest BCUT2D eigenvalue weighted by Gasteiger charge is -2.18. The Bertz CT molecular complexity index is 639. The molecule has 5 nitrogen and oxygen atoms in total. The Morgan fingerprint density at radius 2 is 2.00 bits per heavy atom. The zero-order chi connectivity index (χ0) is 16.1. The number of aromatic nitrogens is 1. The molecule has 116 valence electrons. The van der Waals surface area contributed by atoms with Gasteiger partial charge in [0, 0.05) is 5.69 Å². The van der Waals surface area contributed by atoms with Gasteiger partial charge in [-0.2, -0.15) is 0 Å². The van der Waals surface area contributed by atoms with Gasteiger partial charge in [-0.05, 0) is 31.0 Å². The number of aliphatic hydroxyl groups excluding tert-OH is 1. The van der Waals surface area contributed by atoms with Gasteiger partial charge >= 0.3 is 6.03 Å². The third-order valence-corrected chi connectivity index (χ3v) is 3.50. The van der Waals surface area contributed by atoms with Crippen molar-refractivity contribution in [2.45, 2.75) is 19.9 Å². The highest BCUT2D eigenvalue weighted by molar-refractivity contribution is 6.32. The van der Waals surface area contributed by atoms with Crippen LogP contribution in [-0.4, -0.2) is 22.7 Å². The first-order chi connectivity index (χ1) is 10.5. The van der Waals surface area contributed by atoms with Crippen LogP contribution in [0.4, 0.5) is 10.5 Å². The quantitative estimate of drug-likeness (QED) is 0.758. The Hall–Kier alpha value is -2.11. The normalized spacial score (nSPS) is 11.8. The van der Waals surface area contributed by atoms with E-state index < -0.39 is 12.1 Å². The molecule has 0 unspecified atom stereocenters.